The van der Waals surface area contributed by atoms with Crippen LogP contribution in [-0.4, -0.2) is 26.2 Å². The molecule has 0 aromatic heterocycles. The van der Waals surface area contributed by atoms with Crippen LogP contribution in [0.25, 0.3) is 0 Å². The number of nitrogens with one attached hydrogen (secondary N) is 1. The number of carbonyl (C=O) groups excluding carboxylic acids is 1. The van der Waals surface area contributed by atoms with Gasteiger partial charge in [-0.15, -0.1) is 0 Å². The van der Waals surface area contributed by atoms with Crippen molar-refractivity contribution in [2.45, 2.75) is 6.18 Å². The second-order valence-corrected chi connectivity index (χ2v) is 3.89. The highest BCUT2D eigenvalue weighted by molar-refractivity contribution is 6.34. The molecule has 0 spiro atoms. The Balaban J connectivity index is 3.07. The predicted molar refractivity (Wildman–Crippen MR) is 60.5 cm³/mol. The van der Waals surface area contributed by atoms with Crippen molar-refractivity contribution in [3.05, 3.63) is 23.2 Å². The monoisotopic (exact) mass is 266 g/mol. The summed E-state index contributed by atoms with van der Waals surface area (Å²) in [5.41, 5.74) is 0.344. The maximum Gasteiger partial charge on any atom is 0.471 e. The van der Waals surface area contributed by atoms with Crippen LogP contribution in [0.3, 0.4) is 0 Å². The molecule has 0 atom stereocenters. The molecule has 0 heterocycles. The Morgan fingerprint density at radius 2 is 1.94 bits per heavy atom. The van der Waals surface area contributed by atoms with Gasteiger partial charge in [-0.05, 0) is 12.1 Å². The van der Waals surface area contributed by atoms with Gasteiger partial charge in [0.05, 0.1) is 16.4 Å². The van der Waals surface area contributed by atoms with Crippen LogP contribution in [0.15, 0.2) is 18.2 Å². The van der Waals surface area contributed by atoms with Gasteiger partial charge in [0.2, 0.25) is 0 Å². The van der Waals surface area contributed by atoms with Crippen molar-refractivity contribution in [2.75, 3.05) is 24.3 Å². The van der Waals surface area contributed by atoms with Gasteiger partial charge in [0.1, 0.15) is 0 Å². The van der Waals surface area contributed by atoms with E-state index in [4.69, 9.17) is 11.6 Å². The normalized spacial score (nSPS) is 11.2. The molecule has 0 aliphatic carbocycles. The van der Waals surface area contributed by atoms with Crippen LogP contribution in [0, 0.1) is 0 Å². The summed E-state index contributed by atoms with van der Waals surface area (Å²) in [6.07, 6.45) is -4.92. The molecule has 0 unspecified atom stereocenters. The van der Waals surface area contributed by atoms with E-state index in [2.05, 4.69) is 0 Å². The fraction of sp³-hybridized carbons (Fsp3) is 0.300. The summed E-state index contributed by atoms with van der Waals surface area (Å²) in [6, 6.07) is 4.34. The molecule has 0 radical (unpaired) electrons. The molecule has 0 saturated carbocycles. The van der Waals surface area contributed by atoms with Gasteiger partial charge in [-0.3, -0.25) is 4.79 Å². The van der Waals surface area contributed by atoms with Gasteiger partial charge in [0, 0.05) is 14.1 Å². The van der Waals surface area contributed by atoms with E-state index in [1.807, 2.05) is 0 Å². The number of amides is 1. The summed E-state index contributed by atoms with van der Waals surface area (Å²) < 4.78 is 36.3. The highest BCUT2D eigenvalue weighted by Crippen LogP contribution is 2.33. The Labute approximate surface area is 101 Å². The third-order valence-electron chi connectivity index (χ3n) is 1.94. The molecule has 1 N–H and O–H groups in total. The average molecular weight is 267 g/mol. The maximum absolute atomic E-state index is 12.1. The van der Waals surface area contributed by atoms with Crippen molar-refractivity contribution in [3.8, 4) is 0 Å². The lowest BCUT2D eigenvalue weighted by molar-refractivity contribution is -0.167. The maximum atomic E-state index is 12.1. The van der Waals surface area contributed by atoms with Crippen molar-refractivity contribution in [2.24, 2.45) is 0 Å². The molecule has 0 bridgehead atoms. The third kappa shape index (κ3) is 3.26. The van der Waals surface area contributed by atoms with Crippen LogP contribution in [0.5, 0.6) is 0 Å². The molecule has 0 saturated heterocycles. The summed E-state index contributed by atoms with van der Waals surface area (Å²) in [5.74, 6) is -2.03. The fourth-order valence-corrected chi connectivity index (χ4v) is 1.61. The van der Waals surface area contributed by atoms with Crippen LogP contribution >= 0.6 is 11.6 Å². The van der Waals surface area contributed by atoms with Crippen molar-refractivity contribution < 1.29 is 18.0 Å². The standard InChI is InChI=1S/C10H10ClF3N2O/c1-16(2)8-6(11)4-3-5-7(8)15-9(17)10(12,13)14/h3-5H,1-2H3,(H,15,17). The summed E-state index contributed by atoms with van der Waals surface area (Å²) >= 11 is 5.85. The molecule has 94 valence electrons. The van der Waals surface area contributed by atoms with E-state index in [0.717, 1.165) is 0 Å². The van der Waals surface area contributed by atoms with Crippen molar-refractivity contribution >= 4 is 28.9 Å². The number of benzene rings is 1. The molecule has 0 aliphatic rings. The topological polar surface area (TPSA) is 32.3 Å². The first-order valence-corrected chi connectivity index (χ1v) is 4.95. The predicted octanol–water partition coefficient (Wildman–Crippen LogP) is 2.91. The highest BCUT2D eigenvalue weighted by Gasteiger charge is 2.39. The van der Waals surface area contributed by atoms with Crippen LogP contribution in [0.4, 0.5) is 24.5 Å². The van der Waals surface area contributed by atoms with Crippen LogP contribution < -0.4 is 10.2 Å². The Morgan fingerprint density at radius 3 is 2.41 bits per heavy atom. The molecule has 1 rings (SSSR count). The molecule has 0 fully saturated rings. The van der Waals surface area contributed by atoms with Gasteiger partial charge in [-0.2, -0.15) is 13.2 Å². The summed E-state index contributed by atoms with van der Waals surface area (Å²) in [5, 5.41) is 2.04. The zero-order valence-electron chi connectivity index (χ0n) is 9.10. The summed E-state index contributed by atoms with van der Waals surface area (Å²) in [7, 11) is 3.23. The van der Waals surface area contributed by atoms with E-state index in [1.54, 1.807) is 19.4 Å². The minimum Gasteiger partial charge on any atom is -0.375 e. The summed E-state index contributed by atoms with van der Waals surface area (Å²) in [4.78, 5) is 12.3. The number of carbonyl (C=O) groups is 1. The third-order valence-corrected chi connectivity index (χ3v) is 2.24. The number of anilines is 2. The molecule has 7 heteroatoms. The highest BCUT2D eigenvalue weighted by atomic mass is 35.5. The van der Waals surface area contributed by atoms with Gasteiger partial charge in [0.25, 0.3) is 0 Å². The number of halogens is 4. The number of para-hydroxylation sites is 1. The van der Waals surface area contributed by atoms with Gasteiger partial charge in [-0.1, -0.05) is 17.7 Å². The first-order chi connectivity index (χ1) is 7.73. The Kier molecular flexibility index (Phi) is 3.87. The molecular formula is C10H10ClF3N2O. The fourth-order valence-electron chi connectivity index (χ4n) is 1.26. The molecule has 1 aromatic carbocycles. The first-order valence-electron chi connectivity index (χ1n) is 4.57. The minimum absolute atomic E-state index is 0.0184. The van der Waals surface area contributed by atoms with Crippen molar-refractivity contribution in [3.63, 3.8) is 0 Å². The van der Waals surface area contributed by atoms with E-state index in [-0.39, 0.29) is 10.7 Å². The lowest BCUT2D eigenvalue weighted by atomic mass is 10.2. The van der Waals surface area contributed by atoms with Gasteiger partial charge >= 0.3 is 12.1 Å². The Morgan fingerprint density at radius 1 is 1.35 bits per heavy atom. The Hall–Kier alpha value is -1.43. The van der Waals surface area contributed by atoms with Crippen LogP contribution in [-0.2, 0) is 4.79 Å². The molecule has 0 aliphatic heterocycles. The van der Waals surface area contributed by atoms with E-state index in [1.165, 1.54) is 23.1 Å². The van der Waals surface area contributed by atoms with E-state index < -0.39 is 12.1 Å². The number of alkyl halides is 3. The SMILES string of the molecule is CN(C)c1c(Cl)cccc1NC(=O)C(F)(F)F. The lowest BCUT2D eigenvalue weighted by Crippen LogP contribution is -2.30. The second kappa shape index (κ2) is 4.83. The summed E-state index contributed by atoms with van der Waals surface area (Å²) in [6.45, 7) is 0. The van der Waals surface area contributed by atoms with Crippen molar-refractivity contribution in [1.29, 1.82) is 0 Å². The largest absolute Gasteiger partial charge is 0.471 e. The molecule has 1 amide bonds. The van der Waals surface area contributed by atoms with Gasteiger partial charge in [0.15, 0.2) is 0 Å². The average Bonchev–Trinajstić information content (AvgIpc) is 2.15. The number of hydrogen-bond acceptors (Lipinski definition) is 2. The van der Waals surface area contributed by atoms with Crippen molar-refractivity contribution in [1.82, 2.24) is 0 Å². The quantitative estimate of drug-likeness (QED) is 0.893. The van der Waals surface area contributed by atoms with E-state index in [0.29, 0.717) is 5.69 Å². The molecule has 3 nitrogen and oxygen atoms in total. The van der Waals surface area contributed by atoms with Gasteiger partial charge < -0.3 is 10.2 Å². The molecule has 1 aromatic rings. The first kappa shape index (κ1) is 13.6. The zero-order valence-corrected chi connectivity index (χ0v) is 9.86. The zero-order chi connectivity index (χ0) is 13.2. The lowest BCUT2D eigenvalue weighted by Gasteiger charge is -2.19. The number of rotatable bonds is 2. The number of hydrogen-bond donors (Lipinski definition) is 1. The van der Waals surface area contributed by atoms with E-state index >= 15 is 0 Å². The smallest absolute Gasteiger partial charge is 0.375 e. The van der Waals surface area contributed by atoms with E-state index in [9.17, 15) is 18.0 Å². The molecular weight excluding hydrogens is 257 g/mol. The minimum atomic E-state index is -4.92. The van der Waals surface area contributed by atoms with Gasteiger partial charge in [-0.25, -0.2) is 0 Å². The number of nitrogens with zero attached hydrogens (tertiary/aromatic N) is 1. The molecule has 17 heavy (non-hydrogen) atoms. The second-order valence-electron chi connectivity index (χ2n) is 3.48. The Bertz CT molecular complexity index is 432. The van der Waals surface area contributed by atoms with Crippen LogP contribution in [0.2, 0.25) is 5.02 Å². The van der Waals surface area contributed by atoms with Crippen LogP contribution in [0.1, 0.15) is 0 Å².